The Balaban J connectivity index is 1.47. The first-order valence-electron chi connectivity index (χ1n) is 10.1. The average Bonchev–Trinajstić information content (AvgIpc) is 2.84. The second kappa shape index (κ2) is 9.93. The smallest absolute Gasteiger partial charge is 0.257 e. The quantitative estimate of drug-likeness (QED) is 0.615. The number of aromatic nitrogens is 1. The maximum absolute atomic E-state index is 12.4. The van der Waals surface area contributed by atoms with Gasteiger partial charge in [0, 0.05) is 23.6 Å². The summed E-state index contributed by atoms with van der Waals surface area (Å²) in [7, 11) is 3.21. The predicted octanol–water partition coefficient (Wildman–Crippen LogP) is 3.55. The third-order valence-electron chi connectivity index (χ3n) is 4.93. The molecule has 0 bridgehead atoms. The molecular formula is C24H24N4O4. The van der Waals surface area contributed by atoms with Gasteiger partial charge in [0.1, 0.15) is 6.73 Å². The maximum atomic E-state index is 12.4. The van der Waals surface area contributed by atoms with Crippen molar-refractivity contribution in [3.8, 4) is 11.5 Å². The predicted molar refractivity (Wildman–Crippen MR) is 121 cm³/mol. The Bertz CT molecular complexity index is 1120. The summed E-state index contributed by atoms with van der Waals surface area (Å²) >= 11 is 0. The molecule has 0 aliphatic carbocycles. The van der Waals surface area contributed by atoms with E-state index in [0.29, 0.717) is 42.6 Å². The molecule has 8 heteroatoms. The molecule has 4 rings (SSSR count). The number of hydrazone groups is 1. The Morgan fingerprint density at radius 3 is 2.75 bits per heavy atom. The number of amides is 1. The first-order valence-corrected chi connectivity index (χ1v) is 10.1. The van der Waals surface area contributed by atoms with Gasteiger partial charge in [-0.05, 0) is 48.0 Å². The van der Waals surface area contributed by atoms with E-state index in [2.05, 4.69) is 10.3 Å². The van der Waals surface area contributed by atoms with E-state index in [4.69, 9.17) is 19.3 Å². The summed E-state index contributed by atoms with van der Waals surface area (Å²) in [6.07, 6.45) is 3.17. The fourth-order valence-electron chi connectivity index (χ4n) is 3.37. The summed E-state index contributed by atoms with van der Waals surface area (Å²) in [6, 6.07) is 16.8. The van der Waals surface area contributed by atoms with Crippen molar-refractivity contribution in [1.29, 1.82) is 0 Å². The lowest BCUT2D eigenvalue weighted by molar-refractivity contribution is 0.0296. The number of hydrogen-bond donors (Lipinski definition) is 1. The van der Waals surface area contributed by atoms with Gasteiger partial charge in [-0.25, -0.2) is 0 Å². The molecule has 2 heterocycles. The van der Waals surface area contributed by atoms with E-state index in [1.54, 1.807) is 32.5 Å². The summed E-state index contributed by atoms with van der Waals surface area (Å²) in [5.74, 6) is 1.10. The Kier molecular flexibility index (Phi) is 6.62. The molecule has 0 fully saturated rings. The van der Waals surface area contributed by atoms with Crippen LogP contribution in [0.4, 0.5) is 5.69 Å². The second-order valence-electron chi connectivity index (χ2n) is 7.15. The molecule has 1 aliphatic heterocycles. The van der Waals surface area contributed by atoms with Crippen LogP contribution in [0.2, 0.25) is 0 Å². The average molecular weight is 432 g/mol. The summed E-state index contributed by atoms with van der Waals surface area (Å²) in [4.78, 5) is 16.4. The Morgan fingerprint density at radius 1 is 1.09 bits per heavy atom. The van der Waals surface area contributed by atoms with E-state index in [1.165, 1.54) is 6.20 Å². The minimum absolute atomic E-state index is 0.203. The number of pyridine rings is 1. The Labute approximate surface area is 186 Å². The van der Waals surface area contributed by atoms with Gasteiger partial charge < -0.3 is 19.5 Å². The molecule has 32 heavy (non-hydrogen) atoms. The van der Waals surface area contributed by atoms with E-state index >= 15 is 0 Å². The van der Waals surface area contributed by atoms with Gasteiger partial charge in [0.15, 0.2) is 11.5 Å². The van der Waals surface area contributed by atoms with E-state index in [0.717, 1.165) is 16.8 Å². The Hall–Kier alpha value is -3.91. The molecule has 1 aromatic heterocycles. The van der Waals surface area contributed by atoms with Crippen molar-refractivity contribution in [1.82, 2.24) is 9.99 Å². The lowest BCUT2D eigenvalue weighted by Gasteiger charge is -2.26. The molecule has 1 amide bonds. The van der Waals surface area contributed by atoms with Crippen LogP contribution in [0.5, 0.6) is 11.5 Å². The van der Waals surface area contributed by atoms with Gasteiger partial charge in [0.2, 0.25) is 0 Å². The first-order chi connectivity index (χ1) is 15.7. The summed E-state index contributed by atoms with van der Waals surface area (Å²) in [5.41, 5.74) is 3.92. The number of carbonyl (C=O) groups is 1. The van der Waals surface area contributed by atoms with Crippen LogP contribution < -0.4 is 14.8 Å². The van der Waals surface area contributed by atoms with Crippen LogP contribution in [0.15, 0.2) is 72.1 Å². The molecule has 0 spiro atoms. The van der Waals surface area contributed by atoms with Crippen molar-refractivity contribution in [3.05, 3.63) is 83.7 Å². The molecule has 1 aliphatic rings. The zero-order chi connectivity index (χ0) is 22.3. The number of hydrogen-bond acceptors (Lipinski definition) is 7. The summed E-state index contributed by atoms with van der Waals surface area (Å²) < 4.78 is 16.5. The van der Waals surface area contributed by atoms with Crippen LogP contribution in [-0.2, 0) is 11.3 Å². The molecular weight excluding hydrogens is 408 g/mol. The van der Waals surface area contributed by atoms with Gasteiger partial charge in [-0.1, -0.05) is 12.1 Å². The number of nitrogens with zero attached hydrogens (tertiary/aromatic N) is 3. The van der Waals surface area contributed by atoms with Gasteiger partial charge in [-0.2, -0.15) is 5.10 Å². The second-order valence-corrected chi connectivity index (χ2v) is 7.15. The molecule has 0 unspecified atom stereocenters. The third kappa shape index (κ3) is 5.04. The van der Waals surface area contributed by atoms with Gasteiger partial charge in [-0.15, -0.1) is 0 Å². The normalized spacial score (nSPS) is 13.3. The fourth-order valence-corrected chi connectivity index (χ4v) is 3.37. The van der Waals surface area contributed by atoms with E-state index < -0.39 is 0 Å². The van der Waals surface area contributed by atoms with Crippen molar-refractivity contribution >= 4 is 17.3 Å². The minimum Gasteiger partial charge on any atom is -0.493 e. The van der Waals surface area contributed by atoms with Crippen molar-refractivity contribution in [3.63, 3.8) is 0 Å². The molecule has 0 saturated carbocycles. The minimum atomic E-state index is -0.203. The molecule has 3 aromatic rings. The number of carbonyl (C=O) groups excluding carboxylic acids is 1. The zero-order valence-corrected chi connectivity index (χ0v) is 17.9. The van der Waals surface area contributed by atoms with E-state index in [1.807, 2.05) is 47.5 Å². The molecule has 164 valence electrons. The number of ether oxygens (including phenoxy) is 3. The van der Waals surface area contributed by atoms with Gasteiger partial charge in [0.25, 0.3) is 5.91 Å². The zero-order valence-electron chi connectivity index (χ0n) is 17.9. The topological polar surface area (TPSA) is 85.3 Å². The highest BCUT2D eigenvalue weighted by Crippen LogP contribution is 2.28. The summed E-state index contributed by atoms with van der Waals surface area (Å²) in [5, 5.41) is 9.50. The maximum Gasteiger partial charge on any atom is 0.257 e. The van der Waals surface area contributed by atoms with Gasteiger partial charge >= 0.3 is 0 Å². The van der Waals surface area contributed by atoms with Crippen molar-refractivity contribution < 1.29 is 19.0 Å². The van der Waals surface area contributed by atoms with Gasteiger partial charge in [0.05, 0.1) is 38.6 Å². The molecule has 8 nitrogen and oxygen atoms in total. The number of anilines is 1. The Morgan fingerprint density at radius 2 is 1.97 bits per heavy atom. The number of rotatable bonds is 7. The van der Waals surface area contributed by atoms with Crippen molar-refractivity contribution in [2.24, 2.45) is 5.10 Å². The third-order valence-corrected chi connectivity index (χ3v) is 4.93. The highest BCUT2D eigenvalue weighted by atomic mass is 16.5. The van der Waals surface area contributed by atoms with Crippen LogP contribution in [0.1, 0.15) is 21.5 Å². The van der Waals surface area contributed by atoms with Crippen molar-refractivity contribution in [2.75, 3.05) is 32.9 Å². The van der Waals surface area contributed by atoms with Crippen molar-refractivity contribution in [2.45, 2.75) is 6.54 Å². The highest BCUT2D eigenvalue weighted by molar-refractivity contribution is 6.04. The fraction of sp³-hybridized carbons (Fsp3) is 0.208. The summed E-state index contributed by atoms with van der Waals surface area (Å²) in [6.45, 7) is 1.32. The van der Waals surface area contributed by atoms with Crippen LogP contribution in [0.3, 0.4) is 0 Å². The standard InChI is InChI=1S/C24H24N4O4/c1-30-22-9-8-18(12-23(22)31-2)21-15-32-16-28(27-21)14-17-5-3-7-20(11-17)26-24(29)19-6-4-10-25-13-19/h3-13H,14-16H2,1-2H3,(H,26,29). The van der Waals surface area contributed by atoms with Crippen LogP contribution in [-0.4, -0.2) is 49.2 Å². The molecule has 0 saturated heterocycles. The molecule has 1 N–H and O–H groups in total. The number of methoxy groups -OCH3 is 2. The number of benzene rings is 2. The van der Waals surface area contributed by atoms with E-state index in [9.17, 15) is 4.79 Å². The van der Waals surface area contributed by atoms with Gasteiger partial charge in [-0.3, -0.25) is 14.8 Å². The first kappa shape index (κ1) is 21.3. The SMILES string of the molecule is COc1ccc(C2=NN(Cc3cccc(NC(=O)c4cccnc4)c3)COC2)cc1OC. The van der Waals surface area contributed by atoms with Crippen LogP contribution in [0.25, 0.3) is 0 Å². The lowest BCUT2D eigenvalue weighted by atomic mass is 10.1. The molecule has 2 aromatic carbocycles. The van der Waals surface area contributed by atoms with Crippen LogP contribution in [0, 0.1) is 0 Å². The monoisotopic (exact) mass is 432 g/mol. The van der Waals surface area contributed by atoms with Crippen LogP contribution >= 0.6 is 0 Å². The van der Waals surface area contributed by atoms with E-state index in [-0.39, 0.29) is 5.91 Å². The lowest BCUT2D eigenvalue weighted by Crippen LogP contribution is -2.30. The number of nitrogens with one attached hydrogen (secondary N) is 1. The highest BCUT2D eigenvalue weighted by Gasteiger charge is 2.17. The molecule has 0 atom stereocenters. The molecule has 0 radical (unpaired) electrons. The largest absolute Gasteiger partial charge is 0.493 e.